The lowest BCUT2D eigenvalue weighted by Gasteiger charge is -2.15. The lowest BCUT2D eigenvalue weighted by Crippen LogP contribution is -2.00. The Kier molecular flexibility index (Phi) is 10.5. The van der Waals surface area contributed by atoms with Gasteiger partial charge in [-0.25, -0.2) is 34.9 Å². The molecule has 312 valence electrons. The molecule has 66 heavy (non-hydrogen) atoms. The van der Waals surface area contributed by atoms with Crippen molar-refractivity contribution in [1.82, 2.24) is 34.9 Å². The van der Waals surface area contributed by atoms with Gasteiger partial charge >= 0.3 is 0 Å². The van der Waals surface area contributed by atoms with Gasteiger partial charge < -0.3 is 0 Å². The van der Waals surface area contributed by atoms with Gasteiger partial charge in [0.1, 0.15) is 0 Å². The lowest BCUT2D eigenvalue weighted by atomic mass is 9.91. The van der Waals surface area contributed by atoms with Gasteiger partial charge in [0.05, 0.1) is 11.4 Å². The molecule has 0 N–H and O–H groups in total. The molecule has 0 radical (unpaired) electrons. The van der Waals surface area contributed by atoms with E-state index in [0.29, 0.717) is 29.1 Å². The summed E-state index contributed by atoms with van der Waals surface area (Å²) in [5, 5.41) is 2.28. The predicted molar refractivity (Wildman–Crippen MR) is 267 cm³/mol. The Morgan fingerprint density at radius 3 is 1.23 bits per heavy atom. The zero-order chi connectivity index (χ0) is 44.4. The van der Waals surface area contributed by atoms with Gasteiger partial charge in [-0.05, 0) is 83.3 Å². The maximum absolute atomic E-state index is 5.17. The first kappa shape index (κ1) is 40.0. The van der Waals surface area contributed by atoms with Crippen molar-refractivity contribution in [3.63, 3.8) is 0 Å². The topological polar surface area (TPSA) is 90.2 Å². The van der Waals surface area contributed by atoms with Crippen molar-refractivity contribution in [2.75, 3.05) is 0 Å². The Morgan fingerprint density at radius 1 is 0.227 bits per heavy atom. The van der Waals surface area contributed by atoms with Crippen LogP contribution in [0.2, 0.25) is 0 Å². The van der Waals surface area contributed by atoms with Crippen LogP contribution in [-0.4, -0.2) is 34.9 Å². The molecule has 0 atom stereocenters. The van der Waals surface area contributed by atoms with Crippen molar-refractivity contribution in [1.29, 1.82) is 0 Å². The van der Waals surface area contributed by atoms with Gasteiger partial charge in [-0.15, -0.1) is 0 Å². The molecule has 0 aliphatic heterocycles. The summed E-state index contributed by atoms with van der Waals surface area (Å²) < 4.78 is 0. The fourth-order valence-corrected chi connectivity index (χ4v) is 8.45. The zero-order valence-corrected chi connectivity index (χ0v) is 36.3. The molecule has 0 aliphatic carbocycles. The molecule has 0 unspecified atom stereocenters. The summed E-state index contributed by atoms with van der Waals surface area (Å²) in [5.41, 5.74) is 14.2. The summed E-state index contributed by atoms with van der Waals surface area (Å²) in [6, 6.07) is 72.8. The van der Waals surface area contributed by atoms with Gasteiger partial charge in [0.15, 0.2) is 29.1 Å². The normalized spacial score (nSPS) is 11.2. The van der Waals surface area contributed by atoms with E-state index in [9.17, 15) is 0 Å². The minimum absolute atomic E-state index is 0.585. The van der Waals surface area contributed by atoms with E-state index in [4.69, 9.17) is 34.9 Å². The number of nitrogens with zero attached hydrogens (tertiary/aromatic N) is 7. The van der Waals surface area contributed by atoms with E-state index < -0.39 is 0 Å². The number of aromatic nitrogens is 7. The lowest BCUT2D eigenvalue weighted by molar-refractivity contribution is 1.06. The van der Waals surface area contributed by atoms with Crippen molar-refractivity contribution in [2.24, 2.45) is 0 Å². The first-order chi connectivity index (χ1) is 32.5. The number of rotatable bonds is 9. The first-order valence-corrected chi connectivity index (χ1v) is 22.0. The molecule has 0 saturated heterocycles. The SMILES string of the molecule is Cc1cc(C)nc(-c2ccc(-c3cccc(-c4nc(-c5ccccc5)nc(-c5ccc6ccccc6c5)n4)c3)c(-c3cccc(-c4nc(-c5ccccc5)cc(-c5ccccc5)n4)c3)c2)n1. The maximum Gasteiger partial charge on any atom is 0.164 e. The molecule has 0 bridgehead atoms. The van der Waals surface area contributed by atoms with Crippen molar-refractivity contribution in [2.45, 2.75) is 13.8 Å². The number of aryl methyl sites for hydroxylation is 2. The van der Waals surface area contributed by atoms with Crippen LogP contribution in [0.1, 0.15) is 11.4 Å². The van der Waals surface area contributed by atoms with E-state index >= 15 is 0 Å². The highest BCUT2D eigenvalue weighted by Gasteiger charge is 2.18. The molecule has 0 fully saturated rings. The molecule has 3 heterocycles. The minimum Gasteiger partial charge on any atom is -0.233 e. The molecule has 0 spiro atoms. The quantitative estimate of drug-likeness (QED) is 0.143. The smallest absolute Gasteiger partial charge is 0.164 e. The number of benzene rings is 8. The van der Waals surface area contributed by atoms with E-state index in [1.165, 1.54) is 0 Å². The summed E-state index contributed by atoms with van der Waals surface area (Å²) in [4.78, 5) is 35.3. The Labute approximate surface area is 383 Å². The Balaban J connectivity index is 1.06. The summed E-state index contributed by atoms with van der Waals surface area (Å²) in [6.07, 6.45) is 0. The monoisotopic (exact) mass is 847 g/mol. The molecule has 0 aliphatic rings. The van der Waals surface area contributed by atoms with Crippen LogP contribution in [-0.2, 0) is 0 Å². The highest BCUT2D eigenvalue weighted by molar-refractivity contribution is 5.90. The van der Waals surface area contributed by atoms with Crippen LogP contribution in [0.4, 0.5) is 0 Å². The molecule has 0 amide bonds. The zero-order valence-electron chi connectivity index (χ0n) is 36.3. The molecule has 7 heteroatoms. The van der Waals surface area contributed by atoms with Crippen LogP contribution in [0.3, 0.4) is 0 Å². The van der Waals surface area contributed by atoms with E-state index in [2.05, 4.69) is 140 Å². The average Bonchev–Trinajstić information content (AvgIpc) is 3.38. The van der Waals surface area contributed by atoms with Gasteiger partial charge in [-0.3, -0.25) is 0 Å². The third-order valence-corrected chi connectivity index (χ3v) is 11.7. The highest BCUT2D eigenvalue weighted by Crippen LogP contribution is 2.39. The van der Waals surface area contributed by atoms with Crippen LogP contribution >= 0.6 is 0 Å². The summed E-state index contributed by atoms with van der Waals surface area (Å²) in [6.45, 7) is 4.01. The van der Waals surface area contributed by atoms with E-state index in [1.807, 2.05) is 86.6 Å². The molecule has 3 aromatic heterocycles. The second-order valence-corrected chi connectivity index (χ2v) is 16.3. The van der Waals surface area contributed by atoms with Crippen molar-refractivity contribution in [3.8, 4) is 102 Å². The predicted octanol–water partition coefficient (Wildman–Crippen LogP) is 14.2. The second-order valence-electron chi connectivity index (χ2n) is 16.3. The molecule has 11 aromatic rings. The third kappa shape index (κ3) is 8.25. The van der Waals surface area contributed by atoms with E-state index in [-0.39, 0.29) is 0 Å². The Morgan fingerprint density at radius 2 is 0.636 bits per heavy atom. The molecule has 8 aromatic carbocycles. The Hall–Kier alpha value is -8.81. The summed E-state index contributed by atoms with van der Waals surface area (Å²) in [7, 11) is 0. The van der Waals surface area contributed by atoms with Crippen molar-refractivity contribution >= 4 is 10.8 Å². The van der Waals surface area contributed by atoms with E-state index in [0.717, 1.165) is 94.7 Å². The number of fused-ring (bicyclic) bond motifs is 1. The number of hydrogen-bond acceptors (Lipinski definition) is 7. The first-order valence-electron chi connectivity index (χ1n) is 22.0. The standard InChI is InChI=1S/C59H41N7/c1-38-32-39(2)61-56(60-38)50-30-31-51(52(36-50)46-25-15-26-47(35-46)57-62-53(41-17-6-3-7-18-41)37-54(63-57)42-19-8-4-9-20-42)45-24-14-27-48(34-45)58-64-55(43-21-10-5-11-22-43)65-59(66-58)49-29-28-40-16-12-13-23-44(40)33-49/h3-37H,1-2H3. The molecular formula is C59H41N7. The van der Waals surface area contributed by atoms with E-state index in [1.54, 1.807) is 0 Å². The van der Waals surface area contributed by atoms with Crippen LogP contribution in [0.15, 0.2) is 212 Å². The van der Waals surface area contributed by atoms with Gasteiger partial charge in [0.25, 0.3) is 0 Å². The molecule has 0 saturated carbocycles. The number of hydrogen-bond donors (Lipinski definition) is 0. The second kappa shape index (κ2) is 17.4. The van der Waals surface area contributed by atoms with Crippen molar-refractivity contribution in [3.05, 3.63) is 224 Å². The van der Waals surface area contributed by atoms with Gasteiger partial charge in [-0.1, -0.05) is 176 Å². The van der Waals surface area contributed by atoms with Crippen LogP contribution < -0.4 is 0 Å². The maximum atomic E-state index is 5.17. The van der Waals surface area contributed by atoms with Crippen LogP contribution in [0, 0.1) is 13.8 Å². The fourth-order valence-electron chi connectivity index (χ4n) is 8.45. The van der Waals surface area contributed by atoms with Crippen LogP contribution in [0.5, 0.6) is 0 Å². The fraction of sp³-hybridized carbons (Fsp3) is 0.0339. The van der Waals surface area contributed by atoms with Gasteiger partial charge in [0, 0.05) is 50.3 Å². The molecular weight excluding hydrogens is 807 g/mol. The molecule has 7 nitrogen and oxygen atoms in total. The van der Waals surface area contributed by atoms with Gasteiger partial charge in [0.2, 0.25) is 0 Å². The van der Waals surface area contributed by atoms with Crippen molar-refractivity contribution < 1.29 is 0 Å². The average molecular weight is 848 g/mol. The molecule has 11 rings (SSSR count). The minimum atomic E-state index is 0.585. The van der Waals surface area contributed by atoms with Crippen LogP contribution in [0.25, 0.3) is 112 Å². The summed E-state index contributed by atoms with van der Waals surface area (Å²) >= 11 is 0. The Bertz CT molecular complexity index is 3480. The highest BCUT2D eigenvalue weighted by atomic mass is 15.0. The largest absolute Gasteiger partial charge is 0.233 e. The third-order valence-electron chi connectivity index (χ3n) is 11.7. The van der Waals surface area contributed by atoms with Gasteiger partial charge in [-0.2, -0.15) is 0 Å². The summed E-state index contributed by atoms with van der Waals surface area (Å²) in [5.74, 6) is 3.12.